The predicted molar refractivity (Wildman–Crippen MR) is 80.9 cm³/mol. The molecular formula is C15H22N4O2. The van der Waals surface area contributed by atoms with E-state index in [1.807, 2.05) is 13.0 Å². The third-order valence-electron chi connectivity index (χ3n) is 3.24. The average molecular weight is 290 g/mol. The Morgan fingerprint density at radius 2 is 2.00 bits per heavy atom. The van der Waals surface area contributed by atoms with Gasteiger partial charge in [0.05, 0.1) is 13.1 Å². The fourth-order valence-corrected chi connectivity index (χ4v) is 2.35. The normalized spacial score (nSPS) is 15.5. The number of hydrogen-bond donors (Lipinski definition) is 2. The molecule has 1 aromatic heterocycles. The lowest BCUT2D eigenvalue weighted by atomic mass is 10.1. The third kappa shape index (κ3) is 4.26. The maximum absolute atomic E-state index is 11.4. The molecule has 0 aliphatic carbocycles. The SMILES string of the molecule is Cc1cc(CNCC(C)C)cnc1N1CC(=O)NC(=O)C1. The first-order valence-electron chi connectivity index (χ1n) is 7.19. The number of hydrogen-bond acceptors (Lipinski definition) is 5. The lowest BCUT2D eigenvalue weighted by Crippen LogP contribution is -2.52. The Morgan fingerprint density at radius 3 is 2.57 bits per heavy atom. The van der Waals surface area contributed by atoms with Crippen LogP contribution in [0.1, 0.15) is 25.0 Å². The number of carbonyl (C=O) groups is 2. The zero-order valence-electron chi connectivity index (χ0n) is 12.8. The van der Waals surface area contributed by atoms with Crippen LogP contribution in [0.15, 0.2) is 12.3 Å². The van der Waals surface area contributed by atoms with Crippen molar-refractivity contribution in [2.75, 3.05) is 24.5 Å². The summed E-state index contributed by atoms with van der Waals surface area (Å²) in [5.41, 5.74) is 2.08. The van der Waals surface area contributed by atoms with Gasteiger partial charge in [-0.25, -0.2) is 4.98 Å². The number of imide groups is 1. The number of nitrogens with zero attached hydrogens (tertiary/aromatic N) is 2. The molecule has 1 aliphatic rings. The van der Waals surface area contributed by atoms with Gasteiger partial charge < -0.3 is 10.2 Å². The lowest BCUT2D eigenvalue weighted by Gasteiger charge is -2.27. The van der Waals surface area contributed by atoms with Crippen LogP contribution < -0.4 is 15.5 Å². The molecule has 6 heteroatoms. The van der Waals surface area contributed by atoms with E-state index in [0.29, 0.717) is 11.7 Å². The van der Waals surface area contributed by atoms with Crippen LogP contribution in [0.25, 0.3) is 0 Å². The summed E-state index contributed by atoms with van der Waals surface area (Å²) in [6.07, 6.45) is 1.80. The zero-order valence-corrected chi connectivity index (χ0v) is 12.8. The van der Waals surface area contributed by atoms with Gasteiger partial charge in [0.25, 0.3) is 0 Å². The van der Waals surface area contributed by atoms with E-state index in [9.17, 15) is 9.59 Å². The monoisotopic (exact) mass is 290 g/mol. The maximum atomic E-state index is 11.4. The Labute approximate surface area is 124 Å². The molecule has 0 aromatic carbocycles. The standard InChI is InChI=1S/C15H22N4O2/c1-10(2)5-16-6-12-4-11(3)15(17-7-12)19-8-13(20)18-14(21)9-19/h4,7,10,16H,5-6,8-9H2,1-3H3,(H,18,20,21). The minimum Gasteiger partial charge on any atom is -0.338 e. The summed E-state index contributed by atoms with van der Waals surface area (Å²) < 4.78 is 0. The number of pyridine rings is 1. The van der Waals surface area contributed by atoms with Crippen molar-refractivity contribution in [3.05, 3.63) is 23.4 Å². The molecule has 1 aromatic rings. The van der Waals surface area contributed by atoms with Crippen molar-refractivity contribution >= 4 is 17.6 Å². The summed E-state index contributed by atoms with van der Waals surface area (Å²) in [5, 5.41) is 5.66. The number of carbonyl (C=O) groups excluding carboxylic acids is 2. The van der Waals surface area contributed by atoms with Crippen LogP contribution >= 0.6 is 0 Å². The molecule has 0 unspecified atom stereocenters. The minimum absolute atomic E-state index is 0.171. The van der Waals surface area contributed by atoms with Crippen molar-refractivity contribution in [3.63, 3.8) is 0 Å². The van der Waals surface area contributed by atoms with Crippen molar-refractivity contribution < 1.29 is 9.59 Å². The van der Waals surface area contributed by atoms with E-state index in [-0.39, 0.29) is 24.9 Å². The molecule has 0 radical (unpaired) electrons. The van der Waals surface area contributed by atoms with E-state index in [4.69, 9.17) is 0 Å². The largest absolute Gasteiger partial charge is 0.338 e. The first kappa shape index (κ1) is 15.4. The first-order valence-corrected chi connectivity index (χ1v) is 7.19. The van der Waals surface area contributed by atoms with Crippen LogP contribution in [0, 0.1) is 12.8 Å². The summed E-state index contributed by atoms with van der Waals surface area (Å²) >= 11 is 0. The molecule has 1 aliphatic heterocycles. The Morgan fingerprint density at radius 1 is 1.33 bits per heavy atom. The van der Waals surface area contributed by atoms with Gasteiger partial charge >= 0.3 is 0 Å². The van der Waals surface area contributed by atoms with Gasteiger partial charge in [0.2, 0.25) is 11.8 Å². The second kappa shape index (κ2) is 6.67. The summed E-state index contributed by atoms with van der Waals surface area (Å²) in [6.45, 7) is 8.35. The summed E-state index contributed by atoms with van der Waals surface area (Å²) in [5.74, 6) is 0.743. The van der Waals surface area contributed by atoms with Crippen molar-refractivity contribution in [1.82, 2.24) is 15.6 Å². The molecule has 2 rings (SSSR count). The van der Waals surface area contributed by atoms with Crippen LogP contribution in [-0.2, 0) is 16.1 Å². The van der Waals surface area contributed by atoms with Gasteiger partial charge in [-0.1, -0.05) is 13.8 Å². The van der Waals surface area contributed by atoms with Crippen molar-refractivity contribution in [2.24, 2.45) is 5.92 Å². The van der Waals surface area contributed by atoms with Crippen LogP contribution in [0.2, 0.25) is 0 Å². The van der Waals surface area contributed by atoms with E-state index in [1.54, 1.807) is 11.1 Å². The summed E-state index contributed by atoms with van der Waals surface area (Å²) in [4.78, 5) is 29.0. The predicted octanol–water partition coefficient (Wildman–Crippen LogP) is 0.598. The highest BCUT2D eigenvalue weighted by Crippen LogP contribution is 2.18. The second-order valence-electron chi connectivity index (χ2n) is 5.84. The van der Waals surface area contributed by atoms with Gasteiger partial charge in [-0.2, -0.15) is 0 Å². The highest BCUT2D eigenvalue weighted by atomic mass is 16.2. The smallest absolute Gasteiger partial charge is 0.246 e. The lowest BCUT2D eigenvalue weighted by molar-refractivity contribution is -0.130. The molecule has 0 saturated carbocycles. The molecule has 6 nitrogen and oxygen atoms in total. The molecule has 1 saturated heterocycles. The number of nitrogens with one attached hydrogen (secondary N) is 2. The Kier molecular flexibility index (Phi) is 4.90. The summed E-state index contributed by atoms with van der Waals surface area (Å²) in [6, 6.07) is 2.05. The number of rotatable bonds is 5. The van der Waals surface area contributed by atoms with Crippen molar-refractivity contribution in [1.29, 1.82) is 0 Å². The molecule has 2 amide bonds. The summed E-state index contributed by atoms with van der Waals surface area (Å²) in [7, 11) is 0. The van der Waals surface area contributed by atoms with Gasteiger partial charge in [-0.15, -0.1) is 0 Å². The van der Waals surface area contributed by atoms with E-state index in [1.165, 1.54) is 0 Å². The molecule has 0 bridgehead atoms. The van der Waals surface area contributed by atoms with Crippen molar-refractivity contribution in [2.45, 2.75) is 27.3 Å². The molecule has 0 atom stereocenters. The number of piperazine rings is 1. The third-order valence-corrected chi connectivity index (χ3v) is 3.24. The molecule has 0 spiro atoms. The Balaban J connectivity index is 2.05. The van der Waals surface area contributed by atoms with Crippen LogP contribution in [0.5, 0.6) is 0 Å². The van der Waals surface area contributed by atoms with Gasteiger partial charge in [-0.05, 0) is 36.6 Å². The second-order valence-corrected chi connectivity index (χ2v) is 5.84. The number of aryl methyl sites for hydroxylation is 1. The minimum atomic E-state index is -0.282. The van der Waals surface area contributed by atoms with Gasteiger partial charge in [0.15, 0.2) is 0 Å². The quantitative estimate of drug-likeness (QED) is 0.777. The van der Waals surface area contributed by atoms with Gasteiger partial charge in [0, 0.05) is 12.7 Å². The fourth-order valence-electron chi connectivity index (χ4n) is 2.35. The van der Waals surface area contributed by atoms with Crippen LogP contribution in [0.3, 0.4) is 0 Å². The van der Waals surface area contributed by atoms with Crippen LogP contribution in [0.4, 0.5) is 5.82 Å². The number of aromatic nitrogens is 1. The van der Waals surface area contributed by atoms with E-state index >= 15 is 0 Å². The molecule has 2 heterocycles. The van der Waals surface area contributed by atoms with E-state index in [2.05, 4.69) is 29.5 Å². The zero-order chi connectivity index (χ0) is 15.4. The Bertz CT molecular complexity index is 526. The highest BCUT2D eigenvalue weighted by Gasteiger charge is 2.24. The van der Waals surface area contributed by atoms with E-state index in [0.717, 1.165) is 24.2 Å². The number of anilines is 1. The maximum Gasteiger partial charge on any atom is 0.246 e. The van der Waals surface area contributed by atoms with Gasteiger partial charge in [0.1, 0.15) is 5.82 Å². The average Bonchev–Trinajstić information content (AvgIpc) is 2.37. The number of amides is 2. The molecule has 114 valence electrons. The van der Waals surface area contributed by atoms with Crippen LogP contribution in [-0.4, -0.2) is 36.4 Å². The molecule has 2 N–H and O–H groups in total. The first-order chi connectivity index (χ1) is 9.95. The van der Waals surface area contributed by atoms with Crippen molar-refractivity contribution in [3.8, 4) is 0 Å². The molecule has 1 fully saturated rings. The van der Waals surface area contributed by atoms with Gasteiger partial charge in [-0.3, -0.25) is 14.9 Å². The van der Waals surface area contributed by atoms with E-state index < -0.39 is 0 Å². The molecule has 21 heavy (non-hydrogen) atoms. The highest BCUT2D eigenvalue weighted by molar-refractivity contribution is 6.02. The Hall–Kier alpha value is -1.95. The molecular weight excluding hydrogens is 268 g/mol. The fraction of sp³-hybridized carbons (Fsp3) is 0.533. The topological polar surface area (TPSA) is 74.3 Å².